The quantitative estimate of drug-likeness (QED) is 0.694. The number of nitrogens with zero attached hydrogens (tertiary/aromatic N) is 1. The molecule has 1 atom stereocenters. The topological polar surface area (TPSA) is 68.0 Å². The largest absolute Gasteiger partial charge is 0.350 e. The predicted octanol–water partition coefficient (Wildman–Crippen LogP) is 2.17. The van der Waals surface area contributed by atoms with Gasteiger partial charge in [0, 0.05) is 18.8 Å². The summed E-state index contributed by atoms with van der Waals surface area (Å²) in [6.07, 6.45) is 8.28. The average molecular weight is 249 g/mol. The molecule has 1 rings (SSSR count). The van der Waals surface area contributed by atoms with Gasteiger partial charge >= 0.3 is 0 Å². The van der Waals surface area contributed by atoms with Gasteiger partial charge in [0.05, 0.1) is 6.04 Å². The van der Waals surface area contributed by atoms with E-state index in [4.69, 9.17) is 5.73 Å². The molecule has 0 saturated carbocycles. The molecule has 0 fully saturated rings. The third kappa shape index (κ3) is 5.77. The van der Waals surface area contributed by atoms with Gasteiger partial charge in [0.1, 0.15) is 0 Å². The molecule has 1 amide bonds. The molecular formula is C14H23N3O. The molecule has 4 nitrogen and oxygen atoms in total. The number of carbonyl (C=O) groups excluding carboxylic acids is 1. The highest BCUT2D eigenvalue weighted by molar-refractivity contribution is 5.76. The predicted molar refractivity (Wildman–Crippen MR) is 72.9 cm³/mol. The molecule has 0 aliphatic heterocycles. The van der Waals surface area contributed by atoms with Crippen LogP contribution in [-0.2, 0) is 4.79 Å². The first kappa shape index (κ1) is 14.6. The van der Waals surface area contributed by atoms with E-state index in [-0.39, 0.29) is 11.9 Å². The second-order valence-electron chi connectivity index (χ2n) is 4.53. The Bertz CT molecular complexity index is 340. The Morgan fingerprint density at radius 1 is 1.39 bits per heavy atom. The molecule has 4 heteroatoms. The number of pyridine rings is 1. The number of hydrogen-bond donors (Lipinski definition) is 2. The number of carbonyl (C=O) groups is 1. The van der Waals surface area contributed by atoms with E-state index in [0.717, 1.165) is 37.8 Å². The fraction of sp³-hybridized carbons (Fsp3) is 0.571. The molecule has 3 N–H and O–H groups in total. The molecular weight excluding hydrogens is 226 g/mol. The first-order chi connectivity index (χ1) is 8.74. The Morgan fingerprint density at radius 3 is 2.83 bits per heavy atom. The summed E-state index contributed by atoms with van der Waals surface area (Å²) in [4.78, 5) is 15.7. The van der Waals surface area contributed by atoms with E-state index in [9.17, 15) is 4.79 Å². The summed E-state index contributed by atoms with van der Waals surface area (Å²) in [6.45, 7) is 2.72. The molecule has 0 spiro atoms. The summed E-state index contributed by atoms with van der Waals surface area (Å²) in [5, 5.41) is 2.98. The second-order valence-corrected chi connectivity index (χ2v) is 4.53. The van der Waals surface area contributed by atoms with Crippen molar-refractivity contribution in [3.63, 3.8) is 0 Å². The molecule has 0 unspecified atom stereocenters. The number of hydrogen-bond acceptors (Lipinski definition) is 3. The number of unbranched alkanes of at least 4 members (excludes halogenated alkanes) is 3. The Hall–Kier alpha value is -1.42. The van der Waals surface area contributed by atoms with E-state index in [0.29, 0.717) is 6.42 Å². The lowest BCUT2D eigenvalue weighted by molar-refractivity contribution is -0.121. The van der Waals surface area contributed by atoms with Crippen molar-refractivity contribution in [1.82, 2.24) is 10.3 Å². The molecule has 100 valence electrons. The normalized spacial score (nSPS) is 12.1. The van der Waals surface area contributed by atoms with Crippen molar-refractivity contribution in [2.24, 2.45) is 5.73 Å². The molecule has 1 heterocycles. The van der Waals surface area contributed by atoms with Gasteiger partial charge in [-0.1, -0.05) is 18.9 Å². The van der Waals surface area contributed by atoms with Crippen LogP contribution in [0.15, 0.2) is 24.5 Å². The van der Waals surface area contributed by atoms with E-state index < -0.39 is 0 Å². The maximum Gasteiger partial charge on any atom is 0.220 e. The zero-order chi connectivity index (χ0) is 13.2. The number of amides is 1. The van der Waals surface area contributed by atoms with Crippen molar-refractivity contribution in [2.45, 2.75) is 45.1 Å². The first-order valence-corrected chi connectivity index (χ1v) is 6.63. The van der Waals surface area contributed by atoms with E-state index in [1.54, 1.807) is 12.4 Å². The van der Waals surface area contributed by atoms with Crippen molar-refractivity contribution in [3.8, 4) is 0 Å². The third-order valence-electron chi connectivity index (χ3n) is 2.92. The Morgan fingerprint density at radius 2 is 2.17 bits per heavy atom. The lowest BCUT2D eigenvalue weighted by Gasteiger charge is -2.13. The Kier molecular flexibility index (Phi) is 7.03. The standard InChI is InChI=1S/C14H23N3O/c1-12(13-7-6-10-16-11-13)17-14(18)8-4-2-3-5-9-15/h6-7,10-12H,2-5,8-9,15H2,1H3,(H,17,18)/t12-/m1/s1. The summed E-state index contributed by atoms with van der Waals surface area (Å²) < 4.78 is 0. The summed E-state index contributed by atoms with van der Waals surface area (Å²) >= 11 is 0. The molecule has 0 bridgehead atoms. The zero-order valence-electron chi connectivity index (χ0n) is 11.1. The third-order valence-corrected chi connectivity index (χ3v) is 2.92. The summed E-state index contributed by atoms with van der Waals surface area (Å²) in [5.74, 6) is 0.110. The van der Waals surface area contributed by atoms with Crippen LogP contribution < -0.4 is 11.1 Å². The highest BCUT2D eigenvalue weighted by atomic mass is 16.1. The fourth-order valence-corrected chi connectivity index (χ4v) is 1.81. The Labute approximate surface area is 109 Å². The van der Waals surface area contributed by atoms with Gasteiger partial charge in [0.2, 0.25) is 5.91 Å². The first-order valence-electron chi connectivity index (χ1n) is 6.63. The SMILES string of the molecule is C[C@@H](NC(=O)CCCCCCN)c1cccnc1. The minimum Gasteiger partial charge on any atom is -0.350 e. The van der Waals surface area contributed by atoms with Crippen molar-refractivity contribution < 1.29 is 4.79 Å². The fourth-order valence-electron chi connectivity index (χ4n) is 1.81. The minimum absolute atomic E-state index is 0.0234. The van der Waals surface area contributed by atoms with Gasteiger partial charge in [-0.3, -0.25) is 9.78 Å². The summed E-state index contributed by atoms with van der Waals surface area (Å²) in [5.41, 5.74) is 6.45. The maximum atomic E-state index is 11.7. The number of nitrogens with two attached hydrogens (primary N) is 1. The van der Waals surface area contributed by atoms with Crippen LogP contribution in [0.4, 0.5) is 0 Å². The minimum atomic E-state index is 0.0234. The summed E-state index contributed by atoms with van der Waals surface area (Å²) in [7, 11) is 0. The molecule has 0 radical (unpaired) electrons. The molecule has 0 saturated heterocycles. The van der Waals surface area contributed by atoms with Crippen LogP contribution in [0.25, 0.3) is 0 Å². The van der Waals surface area contributed by atoms with Gasteiger partial charge < -0.3 is 11.1 Å². The van der Waals surface area contributed by atoms with Crippen LogP contribution in [0.1, 0.15) is 50.6 Å². The van der Waals surface area contributed by atoms with Crippen LogP contribution in [0.2, 0.25) is 0 Å². The van der Waals surface area contributed by atoms with Gasteiger partial charge in [0.25, 0.3) is 0 Å². The van der Waals surface area contributed by atoms with Gasteiger partial charge in [-0.25, -0.2) is 0 Å². The smallest absolute Gasteiger partial charge is 0.220 e. The van der Waals surface area contributed by atoms with Crippen LogP contribution in [0.3, 0.4) is 0 Å². The van der Waals surface area contributed by atoms with Gasteiger partial charge in [-0.2, -0.15) is 0 Å². The van der Waals surface area contributed by atoms with Crippen molar-refractivity contribution in [3.05, 3.63) is 30.1 Å². The van der Waals surface area contributed by atoms with E-state index in [1.807, 2.05) is 19.1 Å². The second kappa shape index (κ2) is 8.64. The van der Waals surface area contributed by atoms with Crippen molar-refractivity contribution in [2.75, 3.05) is 6.54 Å². The van der Waals surface area contributed by atoms with Crippen molar-refractivity contribution >= 4 is 5.91 Å². The molecule has 0 aromatic carbocycles. The number of nitrogens with one attached hydrogen (secondary N) is 1. The van der Waals surface area contributed by atoms with Crippen molar-refractivity contribution in [1.29, 1.82) is 0 Å². The monoisotopic (exact) mass is 249 g/mol. The highest BCUT2D eigenvalue weighted by Crippen LogP contribution is 2.10. The van der Waals surface area contributed by atoms with Crippen LogP contribution in [0, 0.1) is 0 Å². The molecule has 0 aliphatic rings. The van der Waals surface area contributed by atoms with Gasteiger partial charge in [0.15, 0.2) is 0 Å². The highest BCUT2D eigenvalue weighted by Gasteiger charge is 2.08. The van der Waals surface area contributed by atoms with Crippen LogP contribution in [-0.4, -0.2) is 17.4 Å². The maximum absolute atomic E-state index is 11.7. The molecule has 18 heavy (non-hydrogen) atoms. The van der Waals surface area contributed by atoms with Gasteiger partial charge in [-0.05, 0) is 37.9 Å². The van der Waals surface area contributed by atoms with Crippen LogP contribution in [0.5, 0.6) is 0 Å². The average Bonchev–Trinajstić information content (AvgIpc) is 2.39. The zero-order valence-corrected chi connectivity index (χ0v) is 11.1. The molecule has 1 aromatic rings. The lowest BCUT2D eigenvalue weighted by Crippen LogP contribution is -2.26. The number of aromatic nitrogens is 1. The summed E-state index contributed by atoms with van der Waals surface area (Å²) in [6, 6.07) is 3.87. The molecule has 0 aliphatic carbocycles. The Balaban J connectivity index is 2.20. The van der Waals surface area contributed by atoms with Gasteiger partial charge in [-0.15, -0.1) is 0 Å². The lowest BCUT2D eigenvalue weighted by atomic mass is 10.1. The van der Waals surface area contributed by atoms with Crippen LogP contribution >= 0.6 is 0 Å². The molecule has 1 aromatic heterocycles. The number of rotatable bonds is 8. The van der Waals surface area contributed by atoms with E-state index >= 15 is 0 Å². The van der Waals surface area contributed by atoms with E-state index in [1.165, 1.54) is 0 Å². The van der Waals surface area contributed by atoms with E-state index in [2.05, 4.69) is 10.3 Å².